The minimum Gasteiger partial charge on any atom is -0.550 e. The predicted molar refractivity (Wildman–Crippen MR) is 515 cm³/mol. The van der Waals surface area contributed by atoms with Crippen molar-refractivity contribution in [1.29, 1.82) is 0 Å². The Labute approximate surface area is 756 Å². The second-order valence-corrected chi connectivity index (χ2v) is 37.7. The predicted octanol–water partition coefficient (Wildman–Crippen LogP) is 35.2. The molecule has 0 saturated heterocycles. The Balaban J connectivity index is -0.00000216. The molecule has 0 radical (unpaired) electrons. The van der Waals surface area contributed by atoms with Crippen LogP contribution in [0, 0.1) is 0 Å². The molecule has 0 fully saturated rings. The minimum atomic E-state index is -0.887. The number of carboxylic acids is 2. The van der Waals surface area contributed by atoms with Gasteiger partial charge < -0.3 is 29.6 Å². The molecule has 7 heteroatoms. The molecule has 6 nitrogen and oxygen atoms in total. The molecule has 0 spiro atoms. The van der Waals surface area contributed by atoms with E-state index in [9.17, 15) is 19.8 Å². The van der Waals surface area contributed by atoms with Gasteiger partial charge in [0, 0.05) is 24.0 Å². The van der Waals surface area contributed by atoms with Gasteiger partial charge in [0.25, 0.3) is 0 Å². The second-order valence-electron chi connectivity index (χ2n) is 37.7. The van der Waals surface area contributed by atoms with E-state index in [0.717, 1.165) is 51.9 Å². The average molecular weight is 1650 g/mol. The van der Waals surface area contributed by atoms with Crippen LogP contribution in [-0.4, -0.2) is 97.7 Å². The summed E-state index contributed by atoms with van der Waals surface area (Å²) in [6.45, 7) is 18.3. The van der Waals surface area contributed by atoms with Crippen molar-refractivity contribution < 1.29 is 19.8 Å². The molecule has 0 aliphatic carbocycles. The molecule has 0 heterocycles. The summed E-state index contributed by atoms with van der Waals surface area (Å²) in [5, 5.41) is 22.5. The van der Waals surface area contributed by atoms with E-state index in [2.05, 4.69) is 51.3 Å². The third-order valence-electron chi connectivity index (χ3n) is 26.5. The Morgan fingerprint density at radius 3 is 0.357 bits per heavy atom. The number of nitrogens with zero attached hydrogens (tertiary/aromatic N) is 2. The number of rotatable bonds is 102. The molecule has 0 aliphatic rings. The first kappa shape index (κ1) is 119. The fraction of sp³-hybridized carbons (Fsp3) is 0.981. The van der Waals surface area contributed by atoms with Gasteiger partial charge in [-0.2, -0.15) is 0 Å². The largest absolute Gasteiger partial charge is 2.00 e. The maximum absolute atomic E-state index is 11.2. The normalized spacial score (nSPS) is 12.2. The van der Waals surface area contributed by atoms with Gasteiger partial charge in [0.05, 0.1) is 0 Å². The van der Waals surface area contributed by atoms with E-state index in [1.807, 2.05) is 0 Å². The standard InChI is InChI=1S/2C54H109NO2.Ca/c2*1-4-7-9-11-13-15-17-19-21-23-25-27-29-31-33-35-37-39-41-43-45-47-51-55(53(6-3)49-50-54(56)57)52-48-46-44-42-40-38-36-34-32-30-28-26-24-22-20-18-16-14-12-10-8-5-2;/h2*53H,4-52H2,1-3H3,(H,56,57);/q;;+2/p-2. The van der Waals surface area contributed by atoms with Crippen molar-refractivity contribution in [2.45, 2.75) is 657 Å². The van der Waals surface area contributed by atoms with Gasteiger partial charge in [0.1, 0.15) is 0 Å². The van der Waals surface area contributed by atoms with Crippen LogP contribution in [0.3, 0.4) is 0 Å². The molecule has 0 N–H and O–H groups in total. The summed E-state index contributed by atoms with van der Waals surface area (Å²) < 4.78 is 0. The van der Waals surface area contributed by atoms with Crippen molar-refractivity contribution in [3.63, 3.8) is 0 Å². The Hall–Kier alpha value is 0.120. The van der Waals surface area contributed by atoms with Crippen LogP contribution in [0.25, 0.3) is 0 Å². The first-order chi connectivity index (χ1) is 56.3. The molecule has 0 aliphatic heterocycles. The maximum atomic E-state index is 11.2. The van der Waals surface area contributed by atoms with Crippen LogP contribution in [0.2, 0.25) is 0 Å². The van der Waals surface area contributed by atoms with Crippen LogP contribution < -0.4 is 10.2 Å². The van der Waals surface area contributed by atoms with Gasteiger partial charge >= 0.3 is 37.7 Å². The van der Waals surface area contributed by atoms with E-state index in [1.54, 1.807) is 0 Å². The first-order valence-corrected chi connectivity index (χ1v) is 54.2. The maximum Gasteiger partial charge on any atom is 2.00 e. The number of carboxylic acid groups (broad SMARTS) is 2. The summed E-state index contributed by atoms with van der Waals surface area (Å²) in [4.78, 5) is 27.8. The number of aliphatic carboxylic acids is 2. The van der Waals surface area contributed by atoms with Crippen LogP contribution >= 0.6 is 0 Å². The van der Waals surface area contributed by atoms with Gasteiger partial charge in [0.15, 0.2) is 0 Å². The summed E-state index contributed by atoms with van der Waals surface area (Å²) in [5.41, 5.74) is 0. The van der Waals surface area contributed by atoms with E-state index >= 15 is 0 Å². The number of carbonyl (C=O) groups is 2. The molecule has 0 aromatic rings. The van der Waals surface area contributed by atoms with Gasteiger partial charge in [0.2, 0.25) is 0 Å². The van der Waals surface area contributed by atoms with Gasteiger partial charge in [-0.05, 0) is 90.4 Å². The van der Waals surface area contributed by atoms with Crippen LogP contribution in [0.5, 0.6) is 0 Å². The zero-order chi connectivity index (χ0) is 82.8. The van der Waals surface area contributed by atoms with Crippen molar-refractivity contribution >= 4 is 49.7 Å². The zero-order valence-corrected chi connectivity index (χ0v) is 82.9. The molecular formula is C108H216CaN2O4. The molecule has 0 saturated carbocycles. The molecule has 684 valence electrons. The van der Waals surface area contributed by atoms with Crippen molar-refractivity contribution in [2.24, 2.45) is 0 Å². The number of hydrogen-bond donors (Lipinski definition) is 0. The van der Waals surface area contributed by atoms with Crippen LogP contribution in [0.1, 0.15) is 645 Å². The van der Waals surface area contributed by atoms with Crippen molar-refractivity contribution in [1.82, 2.24) is 9.80 Å². The van der Waals surface area contributed by atoms with Crippen molar-refractivity contribution in [3.05, 3.63) is 0 Å². The third kappa shape index (κ3) is 103. The van der Waals surface area contributed by atoms with E-state index in [1.165, 1.54) is 565 Å². The van der Waals surface area contributed by atoms with E-state index in [-0.39, 0.29) is 50.6 Å². The number of unbranched alkanes of at least 4 members (excludes halogenated alkanes) is 84. The van der Waals surface area contributed by atoms with E-state index < -0.39 is 11.9 Å². The molecule has 2 atom stereocenters. The Morgan fingerprint density at radius 1 is 0.174 bits per heavy atom. The average Bonchev–Trinajstić information content (AvgIpc) is 0.927. The first-order valence-electron chi connectivity index (χ1n) is 54.2. The third-order valence-corrected chi connectivity index (χ3v) is 26.5. The molecular weight excluding hydrogens is 1430 g/mol. The smallest absolute Gasteiger partial charge is 0.550 e. The molecule has 0 amide bonds. The number of hydrogen-bond acceptors (Lipinski definition) is 6. The molecule has 0 rings (SSSR count). The Kier molecular flexibility index (Phi) is 112. The quantitative estimate of drug-likeness (QED) is 0.0445. The SMILES string of the molecule is CCCCCCCCCCCCCCCCCCCCCCCCN(CCCCCCCCCCCCCCCCCCCCCCCC)C(CC)CCC(=O)[O-].CCCCCCCCCCCCCCCCCCCCCCCCN(CCCCCCCCCCCCCCCCCCCCCCCC)C(CC)CCC(=O)[O-].[Ca+2]. The molecule has 0 aromatic carbocycles. The van der Waals surface area contributed by atoms with Gasteiger partial charge in [-0.25, -0.2) is 0 Å². The number of carbonyl (C=O) groups excluding carboxylic acids is 2. The monoisotopic (exact) mass is 1650 g/mol. The van der Waals surface area contributed by atoms with E-state index in [4.69, 9.17) is 0 Å². The van der Waals surface area contributed by atoms with Crippen LogP contribution in [0.15, 0.2) is 0 Å². The summed E-state index contributed by atoms with van der Waals surface area (Å²) in [5.74, 6) is -1.77. The van der Waals surface area contributed by atoms with Gasteiger partial charge in [-0.1, -0.05) is 581 Å². The van der Waals surface area contributed by atoms with Crippen LogP contribution in [0.4, 0.5) is 0 Å². The van der Waals surface area contributed by atoms with Crippen LogP contribution in [-0.2, 0) is 9.59 Å². The van der Waals surface area contributed by atoms with E-state index in [0.29, 0.717) is 12.1 Å². The summed E-state index contributed by atoms with van der Waals surface area (Å²) in [7, 11) is 0. The topological polar surface area (TPSA) is 86.7 Å². The fourth-order valence-electron chi connectivity index (χ4n) is 18.5. The van der Waals surface area contributed by atoms with Crippen molar-refractivity contribution in [2.75, 3.05) is 26.2 Å². The van der Waals surface area contributed by atoms with Gasteiger partial charge in [-0.3, -0.25) is 0 Å². The zero-order valence-electron chi connectivity index (χ0n) is 80.7. The summed E-state index contributed by atoms with van der Waals surface area (Å²) in [6.07, 6.45) is 129. The second kappa shape index (κ2) is 108. The minimum absolute atomic E-state index is 0. The fourth-order valence-corrected chi connectivity index (χ4v) is 18.5. The Morgan fingerprint density at radius 2 is 0.270 bits per heavy atom. The molecule has 115 heavy (non-hydrogen) atoms. The Bertz CT molecular complexity index is 1510. The van der Waals surface area contributed by atoms with Crippen molar-refractivity contribution in [3.8, 4) is 0 Å². The summed E-state index contributed by atoms with van der Waals surface area (Å²) in [6, 6.07) is 0.792. The molecule has 0 bridgehead atoms. The molecule has 2 unspecified atom stereocenters. The summed E-state index contributed by atoms with van der Waals surface area (Å²) >= 11 is 0. The van der Waals surface area contributed by atoms with Gasteiger partial charge in [-0.15, -0.1) is 0 Å². The molecule has 0 aromatic heterocycles.